The fraction of sp³-hybridized carbons (Fsp3) is 0.0909. The molecule has 0 aliphatic carbocycles. The van der Waals surface area contributed by atoms with Gasteiger partial charge in [0, 0.05) is 5.56 Å². The summed E-state index contributed by atoms with van der Waals surface area (Å²) in [5, 5.41) is 0. The quantitative estimate of drug-likeness (QED) is 0.665. The number of hydrogen-bond acceptors (Lipinski definition) is 4. The first-order valence-electron chi connectivity index (χ1n) is 8.34. The summed E-state index contributed by atoms with van der Waals surface area (Å²) in [6.07, 6.45) is -1.01. The smallest absolute Gasteiger partial charge is 0.342 e. The van der Waals surface area contributed by atoms with Crippen molar-refractivity contribution in [3.63, 3.8) is 0 Å². The molecule has 26 heavy (non-hydrogen) atoms. The van der Waals surface area contributed by atoms with Crippen molar-refractivity contribution in [3.05, 3.63) is 107 Å². The number of cyclic esters (lactones) is 1. The predicted octanol–water partition coefficient (Wildman–Crippen LogP) is 4.23. The third kappa shape index (κ3) is 2.97. The summed E-state index contributed by atoms with van der Waals surface area (Å²) in [5.74, 6) is -1.53. The fourth-order valence-corrected chi connectivity index (χ4v) is 3.13. The van der Waals surface area contributed by atoms with E-state index in [0.29, 0.717) is 11.1 Å². The largest absolute Gasteiger partial charge is 0.420 e. The number of carbonyl (C=O) groups is 2. The SMILES string of the molecule is O=C1O[C@H](OC(=O)C(c2ccccc2)c2ccccc2)c2ccccc21. The van der Waals surface area contributed by atoms with Crippen molar-refractivity contribution in [2.24, 2.45) is 0 Å². The van der Waals surface area contributed by atoms with Gasteiger partial charge >= 0.3 is 11.9 Å². The summed E-state index contributed by atoms with van der Waals surface area (Å²) < 4.78 is 10.8. The van der Waals surface area contributed by atoms with Crippen LogP contribution in [0.2, 0.25) is 0 Å². The molecule has 4 nitrogen and oxygen atoms in total. The molecule has 0 saturated carbocycles. The maximum Gasteiger partial charge on any atom is 0.342 e. The molecular weight excluding hydrogens is 328 g/mol. The van der Waals surface area contributed by atoms with Gasteiger partial charge in [0.25, 0.3) is 6.29 Å². The van der Waals surface area contributed by atoms with Gasteiger partial charge in [-0.1, -0.05) is 78.9 Å². The maximum atomic E-state index is 13.0. The molecule has 4 heteroatoms. The van der Waals surface area contributed by atoms with Crippen molar-refractivity contribution in [1.82, 2.24) is 0 Å². The van der Waals surface area contributed by atoms with E-state index < -0.39 is 24.1 Å². The Kier molecular flexibility index (Phi) is 4.23. The molecule has 0 saturated heterocycles. The Morgan fingerprint density at radius 2 is 1.35 bits per heavy atom. The van der Waals surface area contributed by atoms with Gasteiger partial charge in [-0.25, -0.2) is 4.79 Å². The molecule has 1 aliphatic heterocycles. The molecule has 0 fully saturated rings. The van der Waals surface area contributed by atoms with Gasteiger partial charge in [0.15, 0.2) is 0 Å². The second-order valence-electron chi connectivity index (χ2n) is 6.02. The lowest BCUT2D eigenvalue weighted by Gasteiger charge is -2.19. The number of hydrogen-bond donors (Lipinski definition) is 0. The van der Waals surface area contributed by atoms with Crippen LogP contribution in [0.15, 0.2) is 84.9 Å². The molecule has 0 amide bonds. The van der Waals surface area contributed by atoms with E-state index in [4.69, 9.17) is 9.47 Å². The average molecular weight is 344 g/mol. The highest BCUT2D eigenvalue weighted by Gasteiger charge is 2.35. The minimum Gasteiger partial charge on any atom is -0.420 e. The van der Waals surface area contributed by atoms with Crippen LogP contribution in [0.3, 0.4) is 0 Å². The third-order valence-corrected chi connectivity index (χ3v) is 4.37. The number of benzene rings is 3. The Morgan fingerprint density at radius 3 is 1.96 bits per heavy atom. The van der Waals surface area contributed by atoms with E-state index in [1.807, 2.05) is 60.7 Å². The van der Waals surface area contributed by atoms with Crippen LogP contribution in [0.25, 0.3) is 0 Å². The molecule has 0 bridgehead atoms. The van der Waals surface area contributed by atoms with Gasteiger partial charge in [-0.2, -0.15) is 0 Å². The Balaban J connectivity index is 1.65. The van der Waals surface area contributed by atoms with Crippen molar-refractivity contribution in [2.75, 3.05) is 0 Å². The van der Waals surface area contributed by atoms with Crippen LogP contribution in [0.4, 0.5) is 0 Å². The van der Waals surface area contributed by atoms with E-state index in [0.717, 1.165) is 11.1 Å². The first-order valence-corrected chi connectivity index (χ1v) is 8.34. The van der Waals surface area contributed by atoms with Crippen LogP contribution in [0.5, 0.6) is 0 Å². The van der Waals surface area contributed by atoms with Gasteiger partial charge < -0.3 is 9.47 Å². The molecule has 4 rings (SSSR count). The molecule has 0 spiro atoms. The van der Waals surface area contributed by atoms with Crippen LogP contribution in [-0.2, 0) is 14.3 Å². The Labute approximate surface area is 151 Å². The van der Waals surface area contributed by atoms with Gasteiger partial charge in [-0.05, 0) is 17.2 Å². The monoisotopic (exact) mass is 344 g/mol. The van der Waals surface area contributed by atoms with Crippen LogP contribution < -0.4 is 0 Å². The first kappa shape index (κ1) is 16.1. The topological polar surface area (TPSA) is 52.6 Å². The standard InChI is InChI=1S/C22H16O4/c23-20-17-13-7-8-14-18(17)22(25-20)26-21(24)19(15-9-3-1-4-10-15)16-11-5-2-6-12-16/h1-14,19,22H/t22-/m1/s1. The zero-order valence-corrected chi connectivity index (χ0v) is 13.9. The van der Waals surface area contributed by atoms with Crippen molar-refractivity contribution in [2.45, 2.75) is 12.2 Å². The lowest BCUT2D eigenvalue weighted by Crippen LogP contribution is -2.20. The van der Waals surface area contributed by atoms with Gasteiger partial charge in [0.2, 0.25) is 0 Å². The summed E-state index contributed by atoms with van der Waals surface area (Å²) in [5.41, 5.74) is 2.65. The molecule has 0 N–H and O–H groups in total. The second-order valence-corrected chi connectivity index (χ2v) is 6.02. The normalized spacial score (nSPS) is 15.4. The summed E-state index contributed by atoms with van der Waals surface area (Å²) in [6.45, 7) is 0. The van der Waals surface area contributed by atoms with Gasteiger partial charge in [-0.3, -0.25) is 4.79 Å². The zero-order valence-electron chi connectivity index (χ0n) is 13.9. The summed E-state index contributed by atoms with van der Waals surface area (Å²) >= 11 is 0. The zero-order chi connectivity index (χ0) is 17.9. The van der Waals surface area contributed by atoms with E-state index in [2.05, 4.69) is 0 Å². The number of fused-ring (bicyclic) bond motifs is 1. The van der Waals surface area contributed by atoms with E-state index in [1.165, 1.54) is 0 Å². The minimum absolute atomic E-state index is 0.432. The molecule has 1 aliphatic rings. The Hall–Kier alpha value is -3.40. The summed E-state index contributed by atoms with van der Waals surface area (Å²) in [7, 11) is 0. The van der Waals surface area contributed by atoms with Crippen molar-refractivity contribution >= 4 is 11.9 Å². The Bertz CT molecular complexity index is 895. The molecule has 1 atom stereocenters. The van der Waals surface area contributed by atoms with Crippen molar-refractivity contribution < 1.29 is 19.1 Å². The lowest BCUT2D eigenvalue weighted by molar-refractivity contribution is -0.168. The van der Waals surface area contributed by atoms with Gasteiger partial charge in [0.05, 0.1) is 5.56 Å². The molecule has 0 unspecified atom stereocenters. The Morgan fingerprint density at radius 1 is 0.808 bits per heavy atom. The van der Waals surface area contributed by atoms with Crippen molar-refractivity contribution in [3.8, 4) is 0 Å². The number of rotatable bonds is 4. The molecule has 0 radical (unpaired) electrons. The fourth-order valence-electron chi connectivity index (χ4n) is 3.13. The van der Waals surface area contributed by atoms with Crippen LogP contribution >= 0.6 is 0 Å². The van der Waals surface area contributed by atoms with E-state index in [1.54, 1.807) is 24.3 Å². The number of ether oxygens (including phenoxy) is 2. The number of esters is 2. The van der Waals surface area contributed by atoms with Crippen LogP contribution in [0.1, 0.15) is 39.3 Å². The van der Waals surface area contributed by atoms with Crippen LogP contribution in [0, 0.1) is 0 Å². The van der Waals surface area contributed by atoms with E-state index in [9.17, 15) is 9.59 Å². The van der Waals surface area contributed by atoms with Crippen molar-refractivity contribution in [1.29, 1.82) is 0 Å². The van der Waals surface area contributed by atoms with E-state index in [-0.39, 0.29) is 0 Å². The first-order chi connectivity index (χ1) is 12.7. The van der Waals surface area contributed by atoms with Crippen LogP contribution in [-0.4, -0.2) is 11.9 Å². The predicted molar refractivity (Wildman–Crippen MR) is 95.4 cm³/mol. The highest BCUT2D eigenvalue weighted by atomic mass is 16.7. The molecule has 3 aromatic carbocycles. The summed E-state index contributed by atoms with van der Waals surface area (Å²) in [4.78, 5) is 25.0. The second kappa shape index (κ2) is 6.84. The highest BCUT2D eigenvalue weighted by molar-refractivity contribution is 5.94. The summed E-state index contributed by atoms with van der Waals surface area (Å²) in [6, 6.07) is 25.8. The molecule has 128 valence electrons. The lowest BCUT2D eigenvalue weighted by atomic mass is 9.91. The molecule has 3 aromatic rings. The highest BCUT2D eigenvalue weighted by Crippen LogP contribution is 2.34. The molecular formula is C22H16O4. The van der Waals surface area contributed by atoms with Gasteiger partial charge in [-0.15, -0.1) is 0 Å². The third-order valence-electron chi connectivity index (χ3n) is 4.37. The average Bonchev–Trinajstić information content (AvgIpc) is 3.00. The molecule has 1 heterocycles. The number of carbonyl (C=O) groups excluding carboxylic acids is 2. The maximum absolute atomic E-state index is 13.0. The van der Waals surface area contributed by atoms with Gasteiger partial charge in [0.1, 0.15) is 5.92 Å². The molecule has 0 aromatic heterocycles. The minimum atomic E-state index is -1.01. The van der Waals surface area contributed by atoms with E-state index >= 15 is 0 Å².